The number of carboxylic acids is 1. The Labute approximate surface area is 98.9 Å². The summed E-state index contributed by atoms with van der Waals surface area (Å²) in [6.07, 6.45) is 4.43. The molecule has 0 amide bonds. The van der Waals surface area contributed by atoms with E-state index in [-0.39, 0.29) is 12.1 Å². The van der Waals surface area contributed by atoms with Crippen LogP contribution in [0.15, 0.2) is 4.79 Å². The fraction of sp³-hybridized carbons (Fsp3) is 0.727. The maximum atomic E-state index is 11.9. The minimum atomic E-state index is -0.790. The highest BCUT2D eigenvalue weighted by Crippen LogP contribution is 2.09. The van der Waals surface area contributed by atoms with Gasteiger partial charge >= 0.3 is 11.7 Å². The molecule has 0 saturated heterocycles. The highest BCUT2D eigenvalue weighted by Gasteiger charge is 2.16. The Kier molecular flexibility index (Phi) is 3.61. The molecular formula is C11H17N3O3. The van der Waals surface area contributed by atoms with Crippen LogP contribution in [0.2, 0.25) is 0 Å². The predicted octanol–water partition coefficient (Wildman–Crippen LogP) is 0.636. The summed E-state index contributed by atoms with van der Waals surface area (Å²) in [6.45, 7) is 1.29. The molecule has 1 aliphatic heterocycles. The molecule has 0 bridgehead atoms. The molecular weight excluding hydrogens is 222 g/mol. The molecule has 0 saturated carbocycles. The van der Waals surface area contributed by atoms with Crippen LogP contribution < -0.4 is 5.69 Å². The Balaban J connectivity index is 1.95. The molecule has 2 rings (SSSR count). The lowest BCUT2D eigenvalue weighted by molar-refractivity contribution is -0.137. The van der Waals surface area contributed by atoms with E-state index in [1.807, 2.05) is 0 Å². The molecule has 1 aliphatic rings. The van der Waals surface area contributed by atoms with Crippen LogP contribution in [0, 0.1) is 0 Å². The maximum Gasteiger partial charge on any atom is 0.345 e. The van der Waals surface area contributed by atoms with Crippen LogP contribution in [0.4, 0.5) is 0 Å². The second-order valence-electron chi connectivity index (χ2n) is 4.38. The summed E-state index contributed by atoms with van der Waals surface area (Å²) < 4.78 is 3.21. The first-order valence-electron chi connectivity index (χ1n) is 6.07. The molecule has 0 atom stereocenters. The summed E-state index contributed by atoms with van der Waals surface area (Å²) in [5.74, 6) is 0.0842. The number of carbonyl (C=O) groups is 1. The Morgan fingerprint density at radius 2 is 2.18 bits per heavy atom. The molecule has 1 aromatic rings. The molecule has 17 heavy (non-hydrogen) atoms. The lowest BCUT2D eigenvalue weighted by Gasteiger charge is -2.09. The third-order valence-corrected chi connectivity index (χ3v) is 3.04. The Hall–Kier alpha value is -1.59. The van der Waals surface area contributed by atoms with Crippen LogP contribution in [0.5, 0.6) is 0 Å². The van der Waals surface area contributed by atoms with Crippen molar-refractivity contribution in [1.29, 1.82) is 0 Å². The number of hydrogen-bond donors (Lipinski definition) is 1. The summed E-state index contributed by atoms with van der Waals surface area (Å²) in [4.78, 5) is 22.2. The van der Waals surface area contributed by atoms with E-state index < -0.39 is 5.97 Å². The number of nitrogens with zero attached hydrogens (tertiary/aromatic N) is 3. The van der Waals surface area contributed by atoms with Crippen molar-refractivity contribution in [3.8, 4) is 0 Å². The van der Waals surface area contributed by atoms with Gasteiger partial charge in [0.2, 0.25) is 0 Å². The summed E-state index contributed by atoms with van der Waals surface area (Å²) in [6, 6.07) is 0. The third kappa shape index (κ3) is 2.75. The molecule has 0 radical (unpaired) electrons. The van der Waals surface area contributed by atoms with Crippen LogP contribution in [-0.2, 0) is 24.3 Å². The Bertz CT molecular complexity index is 461. The molecule has 6 nitrogen and oxygen atoms in total. The van der Waals surface area contributed by atoms with Crippen molar-refractivity contribution in [1.82, 2.24) is 14.3 Å². The van der Waals surface area contributed by atoms with Gasteiger partial charge in [-0.05, 0) is 25.7 Å². The first kappa shape index (κ1) is 11.9. The number of aliphatic carboxylic acids is 1. The average molecular weight is 239 g/mol. The molecule has 6 heteroatoms. The molecule has 1 N–H and O–H groups in total. The van der Waals surface area contributed by atoms with Crippen LogP contribution in [-0.4, -0.2) is 25.4 Å². The first-order valence-corrected chi connectivity index (χ1v) is 6.07. The van der Waals surface area contributed by atoms with Crippen molar-refractivity contribution in [2.45, 2.75) is 51.6 Å². The predicted molar refractivity (Wildman–Crippen MR) is 60.9 cm³/mol. The molecule has 0 spiro atoms. The summed E-state index contributed by atoms with van der Waals surface area (Å²) in [5, 5.41) is 12.8. The van der Waals surface area contributed by atoms with Crippen LogP contribution in [0.1, 0.15) is 37.9 Å². The quantitative estimate of drug-likeness (QED) is 0.765. The molecule has 94 valence electrons. The van der Waals surface area contributed by atoms with E-state index in [1.54, 1.807) is 4.57 Å². The van der Waals surface area contributed by atoms with Crippen LogP contribution in [0.3, 0.4) is 0 Å². The van der Waals surface area contributed by atoms with Gasteiger partial charge in [-0.1, -0.05) is 0 Å². The standard InChI is InChI=1S/C11H17N3O3/c15-10(16)6-2-4-8-14-11(17)13-7-3-1-5-9(13)12-14/h1-8H2,(H,15,16). The van der Waals surface area contributed by atoms with Crippen molar-refractivity contribution < 1.29 is 9.90 Å². The summed E-state index contributed by atoms with van der Waals surface area (Å²) in [7, 11) is 0. The van der Waals surface area contributed by atoms with Gasteiger partial charge in [-0.3, -0.25) is 9.36 Å². The number of unbranched alkanes of at least 4 members (excludes halogenated alkanes) is 1. The third-order valence-electron chi connectivity index (χ3n) is 3.04. The molecule has 2 heterocycles. The minimum absolute atomic E-state index is 0.0463. The fourth-order valence-electron chi connectivity index (χ4n) is 2.13. The van der Waals surface area contributed by atoms with Gasteiger partial charge in [-0.2, -0.15) is 5.10 Å². The van der Waals surface area contributed by atoms with E-state index in [1.165, 1.54) is 4.68 Å². The number of fused-ring (bicyclic) bond motifs is 1. The molecule has 1 aromatic heterocycles. The second-order valence-corrected chi connectivity index (χ2v) is 4.38. The molecule has 0 aliphatic carbocycles. The van der Waals surface area contributed by atoms with E-state index in [0.29, 0.717) is 19.4 Å². The van der Waals surface area contributed by atoms with Gasteiger partial charge < -0.3 is 5.11 Å². The number of aryl methyl sites for hydroxylation is 2. The second kappa shape index (κ2) is 5.16. The number of carboxylic acid groups (broad SMARTS) is 1. The lowest BCUT2D eigenvalue weighted by Crippen LogP contribution is -2.27. The number of aromatic nitrogens is 3. The van der Waals surface area contributed by atoms with Gasteiger partial charge in [0.1, 0.15) is 5.82 Å². The minimum Gasteiger partial charge on any atom is -0.481 e. The van der Waals surface area contributed by atoms with Gasteiger partial charge in [0.15, 0.2) is 0 Å². The van der Waals surface area contributed by atoms with Crippen molar-refractivity contribution in [3.63, 3.8) is 0 Å². The summed E-state index contributed by atoms with van der Waals surface area (Å²) in [5.41, 5.74) is -0.0463. The van der Waals surface area contributed by atoms with Crippen molar-refractivity contribution >= 4 is 5.97 Å². The van der Waals surface area contributed by atoms with E-state index in [9.17, 15) is 9.59 Å². The first-order chi connectivity index (χ1) is 8.18. The van der Waals surface area contributed by atoms with E-state index in [4.69, 9.17) is 5.11 Å². The lowest BCUT2D eigenvalue weighted by atomic mass is 10.2. The monoisotopic (exact) mass is 239 g/mol. The van der Waals surface area contributed by atoms with Gasteiger partial charge in [-0.15, -0.1) is 0 Å². The van der Waals surface area contributed by atoms with Crippen molar-refractivity contribution in [3.05, 3.63) is 16.3 Å². The van der Waals surface area contributed by atoms with Gasteiger partial charge in [0.25, 0.3) is 0 Å². The smallest absolute Gasteiger partial charge is 0.345 e. The Morgan fingerprint density at radius 1 is 1.35 bits per heavy atom. The van der Waals surface area contributed by atoms with Gasteiger partial charge in [0.05, 0.1) is 0 Å². The molecule has 0 fully saturated rings. The van der Waals surface area contributed by atoms with Gasteiger partial charge in [0, 0.05) is 25.9 Å². The topological polar surface area (TPSA) is 77.1 Å². The van der Waals surface area contributed by atoms with Crippen LogP contribution in [0.25, 0.3) is 0 Å². The number of hydrogen-bond acceptors (Lipinski definition) is 3. The van der Waals surface area contributed by atoms with E-state index in [0.717, 1.165) is 31.6 Å². The van der Waals surface area contributed by atoms with E-state index in [2.05, 4.69) is 5.10 Å². The largest absolute Gasteiger partial charge is 0.481 e. The van der Waals surface area contributed by atoms with E-state index >= 15 is 0 Å². The van der Waals surface area contributed by atoms with Gasteiger partial charge in [-0.25, -0.2) is 9.48 Å². The highest BCUT2D eigenvalue weighted by atomic mass is 16.4. The molecule has 0 aromatic carbocycles. The Morgan fingerprint density at radius 3 is 2.88 bits per heavy atom. The maximum absolute atomic E-state index is 11.9. The molecule has 0 unspecified atom stereocenters. The fourth-order valence-corrected chi connectivity index (χ4v) is 2.13. The van der Waals surface area contributed by atoms with Crippen molar-refractivity contribution in [2.24, 2.45) is 0 Å². The number of rotatable bonds is 5. The summed E-state index contributed by atoms with van der Waals surface area (Å²) >= 11 is 0. The van der Waals surface area contributed by atoms with Crippen molar-refractivity contribution in [2.75, 3.05) is 0 Å². The normalized spacial score (nSPS) is 14.6. The van der Waals surface area contributed by atoms with Crippen LogP contribution >= 0.6 is 0 Å². The zero-order valence-electron chi connectivity index (χ0n) is 9.76. The zero-order valence-corrected chi connectivity index (χ0v) is 9.76. The zero-order chi connectivity index (χ0) is 12.3. The SMILES string of the molecule is O=C(O)CCCCn1nc2n(c1=O)CCCC2. The highest BCUT2D eigenvalue weighted by molar-refractivity contribution is 5.66. The average Bonchev–Trinajstić information content (AvgIpc) is 2.63.